The van der Waals surface area contributed by atoms with Gasteiger partial charge in [0.15, 0.2) is 0 Å². The van der Waals surface area contributed by atoms with Gasteiger partial charge in [0.2, 0.25) is 16.0 Å². The van der Waals surface area contributed by atoms with E-state index in [4.69, 9.17) is 0 Å². The van der Waals surface area contributed by atoms with Gasteiger partial charge in [-0.3, -0.25) is 4.72 Å². The third-order valence-electron chi connectivity index (χ3n) is 4.39. The maximum atomic E-state index is 13.4. The molecular formula is C21H28FN3O4S. The maximum absolute atomic E-state index is 13.4. The lowest BCUT2D eigenvalue weighted by Gasteiger charge is -2.17. The fourth-order valence-corrected chi connectivity index (χ4v) is 3.28. The molecule has 0 radical (unpaired) electrons. The Bertz CT molecular complexity index is 992. The molecule has 0 spiro atoms. The van der Waals surface area contributed by atoms with E-state index in [1.165, 1.54) is 12.1 Å². The Balaban J connectivity index is 2.62. The molecule has 0 aliphatic carbocycles. The minimum atomic E-state index is -3.60. The molecule has 0 unspecified atom stereocenters. The summed E-state index contributed by atoms with van der Waals surface area (Å²) in [4.78, 5) is 8.71. The first-order valence-electron chi connectivity index (χ1n) is 9.70. The predicted molar refractivity (Wildman–Crippen MR) is 116 cm³/mol. The second kappa shape index (κ2) is 10.1. The van der Waals surface area contributed by atoms with Gasteiger partial charge in [0, 0.05) is 17.5 Å². The van der Waals surface area contributed by atoms with E-state index >= 15 is 0 Å². The largest absolute Gasteiger partial charge is 0.393 e. The van der Waals surface area contributed by atoms with Crippen molar-refractivity contribution in [2.24, 2.45) is 0 Å². The highest BCUT2D eigenvalue weighted by molar-refractivity contribution is 7.91. The minimum absolute atomic E-state index is 0.0837. The number of hydrogen-bond acceptors (Lipinski definition) is 6. The van der Waals surface area contributed by atoms with Crippen molar-refractivity contribution in [3.05, 3.63) is 47.4 Å². The first kappa shape index (κ1) is 23.9. The van der Waals surface area contributed by atoms with Gasteiger partial charge in [-0.1, -0.05) is 32.9 Å². The average molecular weight is 438 g/mol. The van der Waals surface area contributed by atoms with Gasteiger partial charge in [0.05, 0.1) is 29.9 Å². The van der Waals surface area contributed by atoms with Gasteiger partial charge in [0.1, 0.15) is 5.82 Å². The quantitative estimate of drug-likeness (QED) is 0.555. The highest BCUT2D eigenvalue weighted by Crippen LogP contribution is 2.30. The Morgan fingerprint density at radius 3 is 2.33 bits per heavy atom. The number of aliphatic hydroxyl groups excluding tert-OH is 2. The summed E-state index contributed by atoms with van der Waals surface area (Å²) in [6.45, 7) is 5.62. The van der Waals surface area contributed by atoms with Crippen molar-refractivity contribution < 1.29 is 23.0 Å². The van der Waals surface area contributed by atoms with E-state index in [1.54, 1.807) is 24.3 Å². The Morgan fingerprint density at radius 1 is 1.17 bits per heavy atom. The topological polar surface area (TPSA) is 112 Å². The van der Waals surface area contributed by atoms with Crippen molar-refractivity contribution in [3.63, 3.8) is 0 Å². The van der Waals surface area contributed by atoms with E-state index in [0.717, 1.165) is 6.26 Å². The van der Waals surface area contributed by atoms with Crippen molar-refractivity contribution in [3.8, 4) is 11.3 Å². The Hall–Kier alpha value is -2.36. The molecule has 0 bridgehead atoms. The highest BCUT2D eigenvalue weighted by Gasteiger charge is 2.19. The summed E-state index contributed by atoms with van der Waals surface area (Å²) in [6, 6.07) is 5.66. The summed E-state index contributed by atoms with van der Waals surface area (Å²) in [7, 11) is -3.60. The highest BCUT2D eigenvalue weighted by atomic mass is 32.2. The van der Waals surface area contributed by atoms with Crippen LogP contribution in [0.4, 0.5) is 10.3 Å². The van der Waals surface area contributed by atoms with E-state index in [0.29, 0.717) is 28.9 Å². The van der Waals surface area contributed by atoms with Gasteiger partial charge in [0.25, 0.3) is 0 Å². The Morgan fingerprint density at radius 2 is 1.80 bits per heavy atom. The van der Waals surface area contributed by atoms with Crippen LogP contribution < -0.4 is 4.72 Å². The number of anilines is 1. The molecule has 0 fully saturated rings. The summed E-state index contributed by atoms with van der Waals surface area (Å²) < 4.78 is 39.1. The number of rotatable bonds is 9. The van der Waals surface area contributed by atoms with Crippen LogP contribution in [0.25, 0.3) is 17.3 Å². The molecule has 0 amide bonds. The Kier molecular flexibility index (Phi) is 8.05. The van der Waals surface area contributed by atoms with Gasteiger partial charge < -0.3 is 10.2 Å². The van der Waals surface area contributed by atoms with Gasteiger partial charge in [-0.25, -0.2) is 22.8 Å². The summed E-state index contributed by atoms with van der Waals surface area (Å²) in [5.74, 6) is -0.586. The normalized spacial score (nSPS) is 14.3. The second-order valence-electron chi connectivity index (χ2n) is 7.45. The monoisotopic (exact) mass is 437 g/mol. The second-order valence-corrected chi connectivity index (χ2v) is 9.20. The zero-order valence-corrected chi connectivity index (χ0v) is 18.3. The van der Waals surface area contributed by atoms with Crippen molar-refractivity contribution in [1.29, 1.82) is 0 Å². The molecule has 164 valence electrons. The molecular weight excluding hydrogens is 409 g/mol. The molecule has 1 aromatic heterocycles. The molecule has 7 nitrogen and oxygen atoms in total. The molecule has 0 aliphatic rings. The number of halogens is 1. The fraction of sp³-hybridized carbons (Fsp3) is 0.429. The molecule has 2 rings (SSSR count). The summed E-state index contributed by atoms with van der Waals surface area (Å²) >= 11 is 0. The SMILES string of the molecule is CC[C@H](O)C[C@H](O)/C=C/c1c(-c2ccc(F)cc2)nc(NS(C)(=O)=O)nc1C(C)C. The van der Waals surface area contributed by atoms with Crippen LogP contribution in [0, 0.1) is 5.82 Å². The number of sulfonamides is 1. The number of nitrogens with one attached hydrogen (secondary N) is 1. The standard InChI is InChI=1S/C21H28FN3O4S/c1-5-16(26)12-17(27)10-11-18-19(13(2)3)23-21(25-30(4,28)29)24-20(18)14-6-8-15(22)9-7-14/h6-11,13,16-17,26-27H,5,12H2,1-4H3,(H,23,24,25)/b11-10+/t16-,17+/m0/s1. The summed E-state index contributed by atoms with van der Waals surface area (Å²) in [5.41, 5.74) is 2.12. The van der Waals surface area contributed by atoms with Gasteiger partial charge >= 0.3 is 0 Å². The van der Waals surface area contributed by atoms with Crippen LogP contribution in [0.3, 0.4) is 0 Å². The molecule has 0 saturated heterocycles. The van der Waals surface area contributed by atoms with Gasteiger partial charge in [-0.05, 0) is 36.6 Å². The van der Waals surface area contributed by atoms with E-state index < -0.39 is 28.0 Å². The first-order valence-corrected chi connectivity index (χ1v) is 11.6. The van der Waals surface area contributed by atoms with Crippen LogP contribution in [-0.4, -0.2) is 47.1 Å². The lowest BCUT2D eigenvalue weighted by atomic mass is 9.97. The molecule has 1 heterocycles. The van der Waals surface area contributed by atoms with E-state index in [1.807, 2.05) is 20.8 Å². The average Bonchev–Trinajstić information content (AvgIpc) is 2.65. The zero-order valence-electron chi connectivity index (χ0n) is 17.5. The van der Waals surface area contributed by atoms with Gasteiger partial charge in [-0.2, -0.15) is 0 Å². The third-order valence-corrected chi connectivity index (χ3v) is 4.94. The summed E-state index contributed by atoms with van der Waals surface area (Å²) in [6.07, 6.45) is 3.42. The number of benzene rings is 1. The summed E-state index contributed by atoms with van der Waals surface area (Å²) in [5, 5.41) is 20.0. The maximum Gasteiger partial charge on any atom is 0.237 e. The zero-order chi connectivity index (χ0) is 22.5. The lowest BCUT2D eigenvalue weighted by Crippen LogP contribution is -2.16. The van der Waals surface area contributed by atoms with Crippen LogP contribution in [0.5, 0.6) is 0 Å². The number of hydrogen-bond donors (Lipinski definition) is 3. The smallest absolute Gasteiger partial charge is 0.237 e. The first-order chi connectivity index (χ1) is 14.0. The third kappa shape index (κ3) is 6.86. The van der Waals surface area contributed by atoms with Crippen LogP contribution >= 0.6 is 0 Å². The van der Waals surface area contributed by atoms with E-state index in [9.17, 15) is 23.0 Å². The molecule has 2 atom stereocenters. The molecule has 1 aromatic carbocycles. The Labute approximate surface area is 176 Å². The van der Waals surface area contributed by atoms with Crippen molar-refractivity contribution >= 4 is 22.0 Å². The van der Waals surface area contributed by atoms with Gasteiger partial charge in [-0.15, -0.1) is 0 Å². The number of aliphatic hydroxyl groups is 2. The van der Waals surface area contributed by atoms with E-state index in [2.05, 4.69) is 14.7 Å². The minimum Gasteiger partial charge on any atom is -0.393 e. The number of nitrogens with zero attached hydrogens (tertiary/aromatic N) is 2. The van der Waals surface area contributed by atoms with Crippen LogP contribution in [0.1, 0.15) is 50.8 Å². The predicted octanol–water partition coefficient (Wildman–Crippen LogP) is 3.31. The van der Waals surface area contributed by atoms with E-state index in [-0.39, 0.29) is 18.3 Å². The molecule has 2 aromatic rings. The molecule has 30 heavy (non-hydrogen) atoms. The fourth-order valence-electron chi connectivity index (χ4n) is 2.86. The van der Waals surface area contributed by atoms with Crippen LogP contribution in [0.15, 0.2) is 30.3 Å². The van der Waals surface area contributed by atoms with Crippen molar-refractivity contribution in [2.45, 2.75) is 51.7 Å². The van der Waals surface area contributed by atoms with Crippen molar-refractivity contribution in [2.75, 3.05) is 11.0 Å². The van der Waals surface area contributed by atoms with Crippen LogP contribution in [-0.2, 0) is 10.0 Å². The van der Waals surface area contributed by atoms with Crippen LogP contribution in [0.2, 0.25) is 0 Å². The molecule has 3 N–H and O–H groups in total. The molecule has 0 saturated carbocycles. The lowest BCUT2D eigenvalue weighted by molar-refractivity contribution is 0.102. The van der Waals surface area contributed by atoms with Crippen molar-refractivity contribution in [1.82, 2.24) is 9.97 Å². The molecule has 0 aliphatic heterocycles. The number of aromatic nitrogens is 2. The molecule has 9 heteroatoms.